The predicted molar refractivity (Wildman–Crippen MR) is 39.0 cm³/mol. The number of hydrogen-bond donors (Lipinski definition) is 1. The molecule has 0 bridgehead atoms. The van der Waals surface area contributed by atoms with E-state index in [-0.39, 0.29) is 18.8 Å². The summed E-state index contributed by atoms with van der Waals surface area (Å²) in [7, 11) is 1.59. The molecular formula is C7H16O3. The van der Waals surface area contributed by atoms with Crippen molar-refractivity contribution in [3.8, 4) is 0 Å². The lowest BCUT2D eigenvalue weighted by Crippen LogP contribution is -2.26. The van der Waals surface area contributed by atoms with E-state index in [4.69, 9.17) is 14.6 Å². The number of aliphatic hydroxyl groups is 1. The second kappa shape index (κ2) is 5.65. The highest BCUT2D eigenvalue weighted by Crippen LogP contribution is 1.96. The molecule has 0 spiro atoms. The van der Waals surface area contributed by atoms with Crippen molar-refractivity contribution < 1.29 is 14.6 Å². The van der Waals surface area contributed by atoms with Crippen molar-refractivity contribution >= 4 is 0 Å². The van der Waals surface area contributed by atoms with Gasteiger partial charge in [0.25, 0.3) is 0 Å². The molecule has 0 aromatic heterocycles. The second-order valence-corrected chi connectivity index (χ2v) is 2.44. The van der Waals surface area contributed by atoms with Crippen LogP contribution in [-0.4, -0.2) is 37.6 Å². The van der Waals surface area contributed by atoms with Crippen molar-refractivity contribution in [1.29, 1.82) is 0 Å². The molecule has 0 aromatic rings. The molecule has 0 saturated heterocycles. The van der Waals surface area contributed by atoms with Gasteiger partial charge in [-0.15, -0.1) is 0 Å². The number of methoxy groups -OCH3 is 1. The van der Waals surface area contributed by atoms with Crippen molar-refractivity contribution in [2.75, 3.05) is 20.3 Å². The third-order valence-electron chi connectivity index (χ3n) is 1.02. The lowest BCUT2D eigenvalue weighted by Gasteiger charge is -2.16. The summed E-state index contributed by atoms with van der Waals surface area (Å²) >= 11 is 0. The largest absolute Gasteiger partial charge is 0.394 e. The molecule has 1 N–H and O–H groups in total. The monoisotopic (exact) mass is 148 g/mol. The Balaban J connectivity index is 3.39. The van der Waals surface area contributed by atoms with Gasteiger partial charge >= 0.3 is 0 Å². The highest BCUT2D eigenvalue weighted by atomic mass is 16.5. The van der Waals surface area contributed by atoms with Crippen LogP contribution in [0.15, 0.2) is 0 Å². The Labute approximate surface area is 62.0 Å². The molecule has 1 atom stereocenters. The number of aliphatic hydroxyl groups excluding tert-OH is 1. The average Bonchev–Trinajstić information content (AvgIpc) is 1.86. The first-order valence-corrected chi connectivity index (χ1v) is 3.46. The van der Waals surface area contributed by atoms with Crippen LogP contribution in [0, 0.1) is 0 Å². The first-order valence-electron chi connectivity index (χ1n) is 3.46. The van der Waals surface area contributed by atoms with Crippen molar-refractivity contribution in [3.05, 3.63) is 0 Å². The highest BCUT2D eigenvalue weighted by Gasteiger charge is 2.07. The maximum absolute atomic E-state index is 8.70. The summed E-state index contributed by atoms with van der Waals surface area (Å²) in [6, 6.07) is 0. The van der Waals surface area contributed by atoms with Gasteiger partial charge < -0.3 is 14.6 Å². The van der Waals surface area contributed by atoms with Crippen LogP contribution in [0.3, 0.4) is 0 Å². The first-order chi connectivity index (χ1) is 4.70. The molecule has 0 saturated carbocycles. The molecule has 0 aliphatic carbocycles. The summed E-state index contributed by atoms with van der Waals surface area (Å²) in [6.07, 6.45) is -0.0303. The van der Waals surface area contributed by atoms with Gasteiger partial charge in [0.15, 0.2) is 0 Å². The van der Waals surface area contributed by atoms with E-state index in [0.717, 1.165) is 0 Å². The Morgan fingerprint density at radius 2 is 2.00 bits per heavy atom. The van der Waals surface area contributed by atoms with Crippen molar-refractivity contribution in [2.24, 2.45) is 0 Å². The minimum absolute atomic E-state index is 0.0199. The summed E-state index contributed by atoms with van der Waals surface area (Å²) in [5.74, 6) is 0. The van der Waals surface area contributed by atoms with Crippen LogP contribution in [0.25, 0.3) is 0 Å². The van der Waals surface area contributed by atoms with Gasteiger partial charge in [0.05, 0.1) is 19.3 Å². The summed E-state index contributed by atoms with van der Waals surface area (Å²) in [4.78, 5) is 0. The quantitative estimate of drug-likeness (QED) is 0.614. The molecule has 0 aliphatic rings. The molecule has 0 radical (unpaired) electrons. The van der Waals surface area contributed by atoms with Crippen LogP contribution in [0.1, 0.15) is 13.8 Å². The van der Waals surface area contributed by atoms with Crippen LogP contribution in [-0.2, 0) is 9.47 Å². The summed E-state index contributed by atoms with van der Waals surface area (Å²) < 4.78 is 10.1. The summed E-state index contributed by atoms with van der Waals surface area (Å²) in [5, 5.41) is 8.70. The van der Waals surface area contributed by atoms with Gasteiger partial charge in [-0.2, -0.15) is 0 Å². The van der Waals surface area contributed by atoms with Gasteiger partial charge in [0.1, 0.15) is 6.10 Å². The minimum atomic E-state index is -0.176. The maximum atomic E-state index is 8.70. The van der Waals surface area contributed by atoms with E-state index < -0.39 is 0 Å². The van der Waals surface area contributed by atoms with Crippen molar-refractivity contribution in [2.45, 2.75) is 26.1 Å². The predicted octanol–water partition coefficient (Wildman–Crippen LogP) is 0.419. The second-order valence-electron chi connectivity index (χ2n) is 2.44. The fraction of sp³-hybridized carbons (Fsp3) is 1.00. The normalized spacial score (nSPS) is 14.1. The van der Waals surface area contributed by atoms with Crippen molar-refractivity contribution in [3.63, 3.8) is 0 Å². The molecular weight excluding hydrogens is 132 g/mol. The third kappa shape index (κ3) is 4.73. The lowest BCUT2D eigenvalue weighted by molar-refractivity contribution is -0.0582. The molecule has 0 rings (SSSR count). The molecule has 10 heavy (non-hydrogen) atoms. The number of rotatable bonds is 5. The Kier molecular flexibility index (Phi) is 5.58. The molecule has 62 valence electrons. The van der Waals surface area contributed by atoms with E-state index in [1.807, 2.05) is 13.8 Å². The van der Waals surface area contributed by atoms with Gasteiger partial charge in [0, 0.05) is 7.11 Å². The lowest BCUT2D eigenvalue weighted by atomic mass is 10.4. The Morgan fingerprint density at radius 3 is 2.30 bits per heavy atom. The molecule has 0 fully saturated rings. The average molecular weight is 148 g/mol. The third-order valence-corrected chi connectivity index (χ3v) is 1.02. The van der Waals surface area contributed by atoms with Crippen molar-refractivity contribution in [1.82, 2.24) is 0 Å². The summed E-state index contributed by atoms with van der Waals surface area (Å²) in [6.45, 7) is 4.33. The smallest absolute Gasteiger partial charge is 0.104 e. The van der Waals surface area contributed by atoms with Gasteiger partial charge in [-0.1, -0.05) is 0 Å². The molecule has 3 heteroatoms. The first kappa shape index (κ1) is 9.88. The zero-order chi connectivity index (χ0) is 7.98. The Morgan fingerprint density at radius 1 is 1.40 bits per heavy atom. The Bertz CT molecular complexity index is 73.3. The van der Waals surface area contributed by atoms with Crippen LogP contribution in [0.4, 0.5) is 0 Å². The van der Waals surface area contributed by atoms with E-state index >= 15 is 0 Å². The fourth-order valence-electron chi connectivity index (χ4n) is 0.706. The zero-order valence-corrected chi connectivity index (χ0v) is 6.83. The van der Waals surface area contributed by atoms with E-state index in [0.29, 0.717) is 6.61 Å². The van der Waals surface area contributed by atoms with Crippen LogP contribution in [0.5, 0.6) is 0 Å². The van der Waals surface area contributed by atoms with E-state index in [9.17, 15) is 0 Å². The standard InChI is InChI=1S/C7H16O3/c1-6(2)10-7(4-8)5-9-3/h6-8H,4-5H2,1-3H3. The maximum Gasteiger partial charge on any atom is 0.104 e. The molecule has 3 nitrogen and oxygen atoms in total. The van der Waals surface area contributed by atoms with Gasteiger partial charge in [0.2, 0.25) is 0 Å². The minimum Gasteiger partial charge on any atom is -0.394 e. The number of ether oxygens (including phenoxy) is 2. The van der Waals surface area contributed by atoms with Crippen LogP contribution >= 0.6 is 0 Å². The zero-order valence-electron chi connectivity index (χ0n) is 6.83. The molecule has 1 unspecified atom stereocenters. The van der Waals surface area contributed by atoms with Gasteiger partial charge in [-0.3, -0.25) is 0 Å². The SMILES string of the molecule is COCC(CO)OC(C)C. The van der Waals surface area contributed by atoms with E-state index in [1.54, 1.807) is 7.11 Å². The topological polar surface area (TPSA) is 38.7 Å². The molecule has 0 heterocycles. The van der Waals surface area contributed by atoms with Crippen LogP contribution in [0.2, 0.25) is 0 Å². The summed E-state index contributed by atoms with van der Waals surface area (Å²) in [5.41, 5.74) is 0. The van der Waals surface area contributed by atoms with Gasteiger partial charge in [-0.25, -0.2) is 0 Å². The van der Waals surface area contributed by atoms with E-state index in [1.165, 1.54) is 0 Å². The highest BCUT2D eigenvalue weighted by molar-refractivity contribution is 4.54. The van der Waals surface area contributed by atoms with Gasteiger partial charge in [-0.05, 0) is 13.8 Å². The van der Waals surface area contributed by atoms with Crippen LogP contribution < -0.4 is 0 Å². The Hall–Kier alpha value is -0.120. The van der Waals surface area contributed by atoms with E-state index in [2.05, 4.69) is 0 Å². The number of hydrogen-bond acceptors (Lipinski definition) is 3. The molecule has 0 aromatic carbocycles. The molecule has 0 amide bonds. The molecule has 0 aliphatic heterocycles. The fourth-order valence-corrected chi connectivity index (χ4v) is 0.706.